The van der Waals surface area contributed by atoms with E-state index in [2.05, 4.69) is 0 Å². The maximum Gasteiger partial charge on any atom is 0.410 e. The molecule has 0 aromatic heterocycles. The van der Waals surface area contributed by atoms with Crippen molar-refractivity contribution in [3.63, 3.8) is 0 Å². The van der Waals surface area contributed by atoms with Gasteiger partial charge in [0.15, 0.2) is 0 Å². The van der Waals surface area contributed by atoms with E-state index in [9.17, 15) is 9.18 Å². The van der Waals surface area contributed by atoms with E-state index in [0.717, 1.165) is 0 Å². The molecule has 1 atom stereocenters. The number of ether oxygens (including phenoxy) is 2. The van der Waals surface area contributed by atoms with Gasteiger partial charge in [-0.05, 0) is 32.9 Å². The Kier molecular flexibility index (Phi) is 4.37. The van der Waals surface area contributed by atoms with Gasteiger partial charge in [-0.3, -0.25) is 4.90 Å². The Morgan fingerprint density at radius 3 is 2.81 bits per heavy atom. The Morgan fingerprint density at radius 1 is 1.48 bits per heavy atom. The fourth-order valence-corrected chi connectivity index (χ4v) is 2.21. The maximum absolute atomic E-state index is 14.1. The summed E-state index contributed by atoms with van der Waals surface area (Å²) < 4.78 is 24.9. The second-order valence-electron chi connectivity index (χ2n) is 6.05. The molecule has 1 aliphatic heterocycles. The molecule has 1 aromatic rings. The van der Waals surface area contributed by atoms with Gasteiger partial charge in [0.1, 0.15) is 11.4 Å². The molecule has 2 N–H and O–H groups in total. The number of halogens is 1. The van der Waals surface area contributed by atoms with Gasteiger partial charge in [-0.15, -0.1) is 0 Å². The van der Waals surface area contributed by atoms with Crippen molar-refractivity contribution in [1.29, 1.82) is 0 Å². The molecule has 0 radical (unpaired) electrons. The number of hydrogen-bond acceptors (Lipinski definition) is 4. The highest BCUT2D eigenvalue weighted by Gasteiger charge is 2.33. The summed E-state index contributed by atoms with van der Waals surface area (Å²) in [5, 5.41) is 0. The monoisotopic (exact) mass is 296 g/mol. The number of amides is 1. The molecule has 1 heterocycles. The number of carbonyl (C=O) groups is 1. The summed E-state index contributed by atoms with van der Waals surface area (Å²) in [6.45, 7) is 6.40. The van der Waals surface area contributed by atoms with Gasteiger partial charge in [0.05, 0.1) is 19.3 Å². The summed E-state index contributed by atoms with van der Waals surface area (Å²) in [5.41, 5.74) is 5.69. The predicted octanol–water partition coefficient (Wildman–Crippen LogP) is 2.72. The molecule has 0 saturated carbocycles. The number of nitrogens with two attached hydrogens (primary N) is 1. The van der Waals surface area contributed by atoms with Gasteiger partial charge < -0.3 is 15.2 Å². The van der Waals surface area contributed by atoms with E-state index in [1.807, 2.05) is 0 Å². The first-order chi connectivity index (χ1) is 9.78. The largest absolute Gasteiger partial charge is 0.444 e. The van der Waals surface area contributed by atoms with Crippen LogP contribution < -0.4 is 5.73 Å². The van der Waals surface area contributed by atoms with Crippen LogP contribution in [-0.4, -0.2) is 36.4 Å². The Morgan fingerprint density at radius 2 is 2.19 bits per heavy atom. The summed E-state index contributed by atoms with van der Waals surface area (Å²) in [6.07, 6.45) is -0.466. The first-order valence-electron chi connectivity index (χ1n) is 6.90. The lowest BCUT2D eigenvalue weighted by atomic mass is 10.0. The van der Waals surface area contributed by atoms with Crippen LogP contribution >= 0.6 is 0 Å². The van der Waals surface area contributed by atoms with Crippen LogP contribution in [0.4, 0.5) is 14.9 Å². The van der Waals surface area contributed by atoms with Crippen LogP contribution in [0.1, 0.15) is 32.4 Å². The van der Waals surface area contributed by atoms with Crippen molar-refractivity contribution >= 4 is 11.8 Å². The molecule has 0 aliphatic carbocycles. The Balaban J connectivity index is 2.24. The molecule has 1 fully saturated rings. The zero-order valence-corrected chi connectivity index (χ0v) is 12.6. The van der Waals surface area contributed by atoms with Gasteiger partial charge >= 0.3 is 6.09 Å². The van der Waals surface area contributed by atoms with Crippen LogP contribution in [0.15, 0.2) is 18.2 Å². The molecular weight excluding hydrogens is 275 g/mol. The van der Waals surface area contributed by atoms with Gasteiger partial charge in [-0.1, -0.05) is 6.07 Å². The SMILES string of the molecule is CC(C)(C)OC(=O)N1CCOC[C@H]1c1ccc(N)cc1F. The molecule has 116 valence electrons. The number of morpholine rings is 1. The summed E-state index contributed by atoms with van der Waals surface area (Å²) in [6, 6.07) is 3.94. The third-order valence-electron chi connectivity index (χ3n) is 3.14. The minimum Gasteiger partial charge on any atom is -0.444 e. The van der Waals surface area contributed by atoms with Crippen molar-refractivity contribution in [2.45, 2.75) is 32.4 Å². The number of nitrogen functional groups attached to an aromatic ring is 1. The average Bonchev–Trinajstić information content (AvgIpc) is 2.37. The number of carbonyl (C=O) groups excluding carboxylic acids is 1. The normalized spacial score (nSPS) is 19.4. The van der Waals surface area contributed by atoms with E-state index in [1.54, 1.807) is 32.9 Å². The van der Waals surface area contributed by atoms with Crippen molar-refractivity contribution in [3.8, 4) is 0 Å². The second-order valence-corrected chi connectivity index (χ2v) is 6.05. The molecule has 6 heteroatoms. The molecule has 1 aromatic carbocycles. The van der Waals surface area contributed by atoms with Crippen LogP contribution in [0.5, 0.6) is 0 Å². The van der Waals surface area contributed by atoms with Crippen LogP contribution in [-0.2, 0) is 9.47 Å². The third-order valence-corrected chi connectivity index (χ3v) is 3.14. The lowest BCUT2D eigenvalue weighted by Gasteiger charge is -2.36. The van der Waals surface area contributed by atoms with Crippen LogP contribution in [0.3, 0.4) is 0 Å². The van der Waals surface area contributed by atoms with Gasteiger partial charge in [0.25, 0.3) is 0 Å². The highest BCUT2D eigenvalue weighted by molar-refractivity contribution is 5.69. The van der Waals surface area contributed by atoms with Gasteiger partial charge in [0, 0.05) is 17.8 Å². The standard InChI is InChI=1S/C15H21FN2O3/c1-15(2,3)21-14(19)18-6-7-20-9-13(18)11-5-4-10(17)8-12(11)16/h4-5,8,13H,6-7,9,17H2,1-3H3/t13-/m0/s1. The van der Waals surface area contributed by atoms with Crippen LogP contribution in [0, 0.1) is 5.82 Å². The predicted molar refractivity (Wildman–Crippen MR) is 77.3 cm³/mol. The lowest BCUT2D eigenvalue weighted by molar-refractivity contribution is -0.0338. The number of rotatable bonds is 1. The molecule has 21 heavy (non-hydrogen) atoms. The highest BCUT2D eigenvalue weighted by Crippen LogP contribution is 2.29. The number of nitrogens with zero attached hydrogens (tertiary/aromatic N) is 1. The molecule has 1 aliphatic rings. The van der Waals surface area contributed by atoms with Crippen molar-refractivity contribution in [1.82, 2.24) is 4.90 Å². The first kappa shape index (κ1) is 15.6. The summed E-state index contributed by atoms with van der Waals surface area (Å²) in [5.74, 6) is -0.445. The van der Waals surface area contributed by atoms with E-state index in [1.165, 1.54) is 11.0 Å². The number of anilines is 1. The number of benzene rings is 1. The second kappa shape index (κ2) is 5.89. The van der Waals surface area contributed by atoms with Crippen molar-refractivity contribution < 1.29 is 18.7 Å². The molecular formula is C15H21FN2O3. The summed E-state index contributed by atoms with van der Waals surface area (Å²) in [4.78, 5) is 13.8. The van der Waals surface area contributed by atoms with Crippen molar-refractivity contribution in [3.05, 3.63) is 29.6 Å². The molecule has 0 bridgehead atoms. The Hall–Kier alpha value is -1.82. The molecule has 0 spiro atoms. The van der Waals surface area contributed by atoms with E-state index in [-0.39, 0.29) is 6.61 Å². The summed E-state index contributed by atoms with van der Waals surface area (Å²) >= 11 is 0. The van der Waals surface area contributed by atoms with E-state index < -0.39 is 23.6 Å². The minimum absolute atomic E-state index is 0.236. The summed E-state index contributed by atoms with van der Waals surface area (Å²) in [7, 11) is 0. The topological polar surface area (TPSA) is 64.8 Å². The lowest BCUT2D eigenvalue weighted by Crippen LogP contribution is -2.46. The fourth-order valence-electron chi connectivity index (χ4n) is 2.21. The zero-order valence-electron chi connectivity index (χ0n) is 12.6. The van der Waals surface area contributed by atoms with Crippen molar-refractivity contribution in [2.75, 3.05) is 25.5 Å². The molecule has 5 nitrogen and oxygen atoms in total. The van der Waals surface area contributed by atoms with E-state index in [0.29, 0.717) is 24.4 Å². The van der Waals surface area contributed by atoms with Crippen LogP contribution in [0.2, 0.25) is 0 Å². The maximum atomic E-state index is 14.1. The van der Waals surface area contributed by atoms with Crippen LogP contribution in [0.25, 0.3) is 0 Å². The average molecular weight is 296 g/mol. The third kappa shape index (κ3) is 3.85. The quantitative estimate of drug-likeness (QED) is 0.809. The zero-order chi connectivity index (χ0) is 15.6. The van der Waals surface area contributed by atoms with Gasteiger partial charge in [-0.25, -0.2) is 9.18 Å². The van der Waals surface area contributed by atoms with Gasteiger partial charge in [0.2, 0.25) is 0 Å². The van der Waals surface area contributed by atoms with E-state index >= 15 is 0 Å². The van der Waals surface area contributed by atoms with Crippen molar-refractivity contribution in [2.24, 2.45) is 0 Å². The minimum atomic E-state index is -0.598. The fraction of sp³-hybridized carbons (Fsp3) is 0.533. The Labute approximate surface area is 123 Å². The first-order valence-corrected chi connectivity index (χ1v) is 6.90. The molecule has 1 amide bonds. The smallest absolute Gasteiger partial charge is 0.410 e. The van der Waals surface area contributed by atoms with E-state index in [4.69, 9.17) is 15.2 Å². The number of hydrogen-bond donors (Lipinski definition) is 1. The highest BCUT2D eigenvalue weighted by atomic mass is 19.1. The molecule has 1 saturated heterocycles. The van der Waals surface area contributed by atoms with Gasteiger partial charge in [-0.2, -0.15) is 0 Å². The Bertz CT molecular complexity index is 528. The molecule has 2 rings (SSSR count). The molecule has 0 unspecified atom stereocenters.